The first-order valence-corrected chi connectivity index (χ1v) is 49.6. The maximum Gasteiger partial charge on any atom is 0.316 e. The van der Waals surface area contributed by atoms with Gasteiger partial charge in [-0.15, -0.1) is 0 Å². The van der Waals surface area contributed by atoms with Crippen molar-refractivity contribution in [3.8, 4) is 11.5 Å². The van der Waals surface area contributed by atoms with Crippen LogP contribution in [-0.4, -0.2) is 141 Å². The fourth-order valence-corrected chi connectivity index (χ4v) is 23.2. The third-order valence-corrected chi connectivity index (χ3v) is 34.3. The minimum absolute atomic E-state index is 0.00956. The SMILES string of the molecule is CCC(C)(C)C(=O)OC1(C2CC3CCC2O3)CCCC1.CCC(C)(C)C(=O)OC1(CC)CC2CC1C1C3CCC(C3)C21.CCC(C)(C)C(=O)OC12CC3CC(CC(O)(C3)C1)C2.CCC(C)(C)C(=O)OC1C2CC3C(=O)OC1C3O2.CCC(C)(C)C(=O)OC1COC(=O)C1.CCC(C)(C)C(=O)Oc1ccc2cc(O)ccc2c1.CCC1(OC(=O)C(C)(C)CC)CCCC1. The molecule has 0 radical (unpaired) electrons. The summed E-state index contributed by atoms with van der Waals surface area (Å²) in [6, 6.07) is 10.5. The Morgan fingerprint density at radius 2 is 0.976 bits per heavy atom. The minimum Gasteiger partial charge on any atom is -0.508 e. The van der Waals surface area contributed by atoms with Crippen molar-refractivity contribution in [1.29, 1.82) is 0 Å². The lowest BCUT2D eigenvalue weighted by atomic mass is 9.52. The van der Waals surface area contributed by atoms with Crippen LogP contribution in [0.3, 0.4) is 0 Å². The number of fused-ring (bicyclic) bond motifs is 13. The van der Waals surface area contributed by atoms with Gasteiger partial charge in [-0.3, -0.25) is 43.2 Å². The number of hydrogen-bond acceptors (Lipinski definition) is 22. The summed E-state index contributed by atoms with van der Waals surface area (Å²) in [6.07, 6.45) is 32.4. The number of carbonyl (C=O) groups excluding carboxylic acids is 9. The van der Waals surface area contributed by atoms with Crippen LogP contribution < -0.4 is 4.74 Å². The lowest BCUT2D eigenvalue weighted by Crippen LogP contribution is -2.61. The number of phenolic OH excluding ortho intramolecular Hbond substituents is 1. The number of esters is 9. The number of hydrogen-bond donors (Lipinski definition) is 2. The van der Waals surface area contributed by atoms with Crippen molar-refractivity contribution in [2.45, 2.75) is 442 Å². The molecule has 127 heavy (non-hydrogen) atoms. The first-order chi connectivity index (χ1) is 59.4. The highest BCUT2D eigenvalue weighted by atomic mass is 16.7. The van der Waals surface area contributed by atoms with Gasteiger partial charge >= 0.3 is 53.7 Å². The van der Waals surface area contributed by atoms with Crippen LogP contribution in [0.5, 0.6) is 11.5 Å². The molecule has 2 aromatic rings. The Labute approximate surface area is 759 Å². The van der Waals surface area contributed by atoms with Crippen LogP contribution >= 0.6 is 0 Å². The van der Waals surface area contributed by atoms with Gasteiger partial charge in [0, 0.05) is 18.3 Å². The second-order valence-corrected chi connectivity index (χ2v) is 45.8. The molecule has 10 aliphatic carbocycles. The summed E-state index contributed by atoms with van der Waals surface area (Å²) in [7, 11) is 0. The van der Waals surface area contributed by atoms with Gasteiger partial charge in [0.15, 0.2) is 12.2 Å². The molecule has 714 valence electrons. The number of benzene rings is 2. The highest BCUT2D eigenvalue weighted by molar-refractivity contribution is 5.87. The predicted molar refractivity (Wildman–Crippen MR) is 484 cm³/mol. The second kappa shape index (κ2) is 39.4. The van der Waals surface area contributed by atoms with Gasteiger partial charge in [0.05, 0.1) is 74.2 Å². The largest absolute Gasteiger partial charge is 0.508 e. The van der Waals surface area contributed by atoms with Crippen molar-refractivity contribution in [2.24, 2.45) is 97.1 Å². The highest BCUT2D eigenvalue weighted by Gasteiger charge is 2.69. The minimum atomic E-state index is -0.555. The van der Waals surface area contributed by atoms with Crippen LogP contribution in [0, 0.1) is 97.1 Å². The number of phenols is 1. The van der Waals surface area contributed by atoms with E-state index in [1.807, 2.05) is 138 Å². The maximum atomic E-state index is 12.7. The zero-order valence-corrected chi connectivity index (χ0v) is 81.9. The molecule has 18 rings (SSSR count). The molecule has 2 N–H and O–H groups in total. The van der Waals surface area contributed by atoms with Crippen molar-refractivity contribution >= 4 is 64.5 Å². The van der Waals surface area contributed by atoms with Gasteiger partial charge in [-0.25, -0.2) is 0 Å². The van der Waals surface area contributed by atoms with Crippen molar-refractivity contribution in [3.05, 3.63) is 36.4 Å². The van der Waals surface area contributed by atoms with E-state index in [0.29, 0.717) is 67.3 Å². The summed E-state index contributed by atoms with van der Waals surface area (Å²) >= 11 is 0. The maximum absolute atomic E-state index is 12.7. The zero-order chi connectivity index (χ0) is 93.4. The summed E-state index contributed by atoms with van der Waals surface area (Å²) < 4.78 is 62.0. The lowest BCUT2D eigenvalue weighted by Gasteiger charge is -2.59. The molecule has 0 aromatic heterocycles. The molecule has 18 atom stereocenters. The molecule has 12 bridgehead atoms. The van der Waals surface area contributed by atoms with E-state index in [4.69, 9.17) is 52.1 Å². The molecule has 22 nitrogen and oxygen atoms in total. The molecule has 0 spiro atoms. The molecule has 6 heterocycles. The van der Waals surface area contributed by atoms with Gasteiger partial charge < -0.3 is 62.3 Å². The van der Waals surface area contributed by atoms with Crippen LogP contribution in [0.25, 0.3) is 10.8 Å². The normalized spacial score (nSPS) is 33.0. The number of rotatable bonds is 24. The van der Waals surface area contributed by atoms with E-state index in [0.717, 1.165) is 156 Å². The Bertz CT molecular complexity index is 4190. The van der Waals surface area contributed by atoms with Gasteiger partial charge in [0.25, 0.3) is 0 Å². The van der Waals surface area contributed by atoms with Crippen molar-refractivity contribution in [2.75, 3.05) is 6.61 Å². The Balaban J connectivity index is 0.000000144. The number of cyclic esters (lactones) is 1. The first kappa shape index (κ1) is 101. The molecule has 10 saturated carbocycles. The van der Waals surface area contributed by atoms with Gasteiger partial charge in [-0.2, -0.15) is 0 Å². The molecule has 16 aliphatic rings. The van der Waals surface area contributed by atoms with E-state index < -0.39 is 39.5 Å². The third kappa shape index (κ3) is 22.3. The topological polar surface area (TPSA) is 296 Å². The smallest absolute Gasteiger partial charge is 0.316 e. The molecule has 6 aliphatic heterocycles. The quantitative estimate of drug-likeness (QED) is 0.0427. The average Bonchev–Trinajstić information content (AvgIpc) is 1.50. The number of carbonyl (C=O) groups is 9. The standard InChI is InChI=1S/C20H32O2.C17H28O3.C16H26O3.C16H18O3.C13H18O5.C13H24O2.C10H16O4/c1-5-19(3,4)18(21)22-20(6-2)11-14-10-15(20)17-13-8-7-12(9-13)16(14)17;1-4-16(2,3)15(18)20-17(9-5-6-10-17)13-11-12-7-8-14(13)19-12;1-4-14(2,3)13(17)19-16-8-11-5-12(9-16)7-15(18,6-11)10-16;1-4-16(2,3)15(18)19-14-8-6-11-9-13(17)7-5-12(11)10-14;1-4-13(2,3)12(15)18-9-7-5-6-8(16-7)10(9)17-11(6)14;1-5-12(3,4)11(14)15-13(6-2)9-7-8-10-13;1-4-10(2,3)9(12)14-7-5-8(11)13-6-7/h12-17H,5-11H2,1-4H3;12-14H,4-11H2,1-3H3;11-12,18H,4-10H2,1-3H3;5-10,17H,4H2,1-3H3;6-10H,4-5H2,1-3H3;5-10H2,1-4H3;7H,4-6H2,1-3H3. The monoisotopic (exact) mass is 1780 g/mol. The number of aromatic hydroxyl groups is 1. The van der Waals surface area contributed by atoms with Gasteiger partial charge in [-0.05, 0) is 372 Å². The third-order valence-electron chi connectivity index (χ3n) is 34.3. The van der Waals surface area contributed by atoms with Crippen molar-refractivity contribution in [1.82, 2.24) is 0 Å². The predicted octanol–water partition coefficient (Wildman–Crippen LogP) is 21.6. The fraction of sp³-hybridized carbons (Fsp3) is 0.819. The Morgan fingerprint density at radius 1 is 0.465 bits per heavy atom. The number of aliphatic hydroxyl groups is 1. The van der Waals surface area contributed by atoms with Crippen LogP contribution in [-0.2, 0) is 90.5 Å². The second-order valence-electron chi connectivity index (χ2n) is 45.8. The zero-order valence-electron chi connectivity index (χ0n) is 81.9. The summed E-state index contributed by atoms with van der Waals surface area (Å²) in [5.74, 6) is 6.23. The summed E-state index contributed by atoms with van der Waals surface area (Å²) in [4.78, 5) is 108. The number of ether oxygens (including phenoxy) is 11. The molecule has 2 aromatic carbocycles. The van der Waals surface area contributed by atoms with Crippen molar-refractivity contribution in [3.63, 3.8) is 0 Å². The fourth-order valence-electron chi connectivity index (χ4n) is 23.2. The van der Waals surface area contributed by atoms with E-state index in [2.05, 4.69) is 27.7 Å². The van der Waals surface area contributed by atoms with Crippen LogP contribution in [0.1, 0.15) is 371 Å². The molecule has 6 saturated heterocycles. The van der Waals surface area contributed by atoms with E-state index in [1.54, 1.807) is 30.3 Å². The van der Waals surface area contributed by atoms with E-state index in [9.17, 15) is 53.4 Å². The molecule has 16 fully saturated rings. The van der Waals surface area contributed by atoms with Crippen LogP contribution in [0.2, 0.25) is 0 Å². The van der Waals surface area contributed by atoms with E-state index in [1.165, 1.54) is 64.2 Å². The molecule has 0 amide bonds. The summed E-state index contributed by atoms with van der Waals surface area (Å²) in [6.45, 7) is 45.6. The van der Waals surface area contributed by atoms with Gasteiger partial charge in [0.2, 0.25) is 0 Å². The molecular formula is C105H162O22. The lowest BCUT2D eigenvalue weighted by molar-refractivity contribution is -0.225. The first-order valence-electron chi connectivity index (χ1n) is 49.6. The highest BCUT2D eigenvalue weighted by Crippen LogP contribution is 2.71. The van der Waals surface area contributed by atoms with Gasteiger partial charge in [0.1, 0.15) is 52.7 Å². The average molecular weight is 1780 g/mol. The summed E-state index contributed by atoms with van der Waals surface area (Å²) in [5, 5.41) is 21.9. The van der Waals surface area contributed by atoms with Crippen LogP contribution in [0.15, 0.2) is 36.4 Å². The summed E-state index contributed by atoms with van der Waals surface area (Å²) in [5.41, 5.74) is -4.31. The van der Waals surface area contributed by atoms with Crippen LogP contribution in [0.4, 0.5) is 0 Å². The molecular weight excluding hydrogens is 1610 g/mol. The Hall–Kier alpha value is -6.39. The Morgan fingerprint density at radius 3 is 1.50 bits per heavy atom. The van der Waals surface area contributed by atoms with E-state index in [-0.39, 0.29) is 135 Å². The van der Waals surface area contributed by atoms with Gasteiger partial charge in [-0.1, -0.05) is 74.4 Å². The van der Waals surface area contributed by atoms with Crippen molar-refractivity contribution < 1.29 is 105 Å². The Kier molecular flexibility index (Phi) is 31.4. The molecule has 22 heteroatoms. The van der Waals surface area contributed by atoms with E-state index >= 15 is 0 Å². The molecule has 18 unspecified atom stereocenters.